The summed E-state index contributed by atoms with van der Waals surface area (Å²) in [6, 6.07) is 1.88. The number of nitrogens with zero attached hydrogens (tertiary/aromatic N) is 4. The van der Waals surface area contributed by atoms with E-state index in [4.69, 9.17) is 11.6 Å². The summed E-state index contributed by atoms with van der Waals surface area (Å²) in [6.45, 7) is 0. The van der Waals surface area contributed by atoms with Gasteiger partial charge >= 0.3 is 0 Å². The largest absolute Gasteiger partial charge is 0.285 e. The molecule has 0 aromatic carbocycles. The highest BCUT2D eigenvalue weighted by Crippen LogP contribution is 2.21. The fourth-order valence-electron chi connectivity index (χ4n) is 1.42. The van der Waals surface area contributed by atoms with E-state index in [-0.39, 0.29) is 0 Å². The van der Waals surface area contributed by atoms with Crippen LogP contribution in [0.25, 0.3) is 16.8 Å². The molecular formula is C9H6ClN5. The fraction of sp³-hybridized carbons (Fsp3) is 0. The van der Waals surface area contributed by atoms with Crippen LogP contribution in [0.15, 0.2) is 30.9 Å². The van der Waals surface area contributed by atoms with Gasteiger partial charge in [-0.1, -0.05) is 11.6 Å². The molecule has 74 valence electrons. The van der Waals surface area contributed by atoms with Gasteiger partial charge in [-0.25, -0.2) is 9.50 Å². The second-order valence-corrected chi connectivity index (χ2v) is 3.42. The smallest absolute Gasteiger partial charge is 0.154 e. The summed E-state index contributed by atoms with van der Waals surface area (Å²) in [5, 5.41) is 11.4. The third-order valence-electron chi connectivity index (χ3n) is 2.14. The van der Waals surface area contributed by atoms with E-state index in [0.29, 0.717) is 5.15 Å². The van der Waals surface area contributed by atoms with Crippen molar-refractivity contribution < 1.29 is 0 Å². The molecular weight excluding hydrogens is 214 g/mol. The van der Waals surface area contributed by atoms with Crippen LogP contribution in [0.5, 0.6) is 0 Å². The maximum atomic E-state index is 5.94. The van der Waals surface area contributed by atoms with Gasteiger partial charge < -0.3 is 0 Å². The molecule has 0 aliphatic heterocycles. The molecule has 0 radical (unpaired) electrons. The molecule has 0 fully saturated rings. The molecule has 3 aromatic rings. The summed E-state index contributed by atoms with van der Waals surface area (Å²) in [5.41, 5.74) is 2.53. The SMILES string of the molecule is Clc1nccn2nc(-c3cn[nH]c3)cc12. The molecule has 0 unspecified atom stereocenters. The van der Waals surface area contributed by atoms with Crippen molar-refractivity contribution in [3.8, 4) is 11.3 Å². The van der Waals surface area contributed by atoms with Crippen LogP contribution >= 0.6 is 11.6 Å². The van der Waals surface area contributed by atoms with Crippen LogP contribution in [-0.2, 0) is 0 Å². The van der Waals surface area contributed by atoms with Gasteiger partial charge in [-0.2, -0.15) is 10.2 Å². The Balaban J connectivity index is 2.27. The molecule has 0 atom stereocenters. The number of halogens is 1. The van der Waals surface area contributed by atoms with Gasteiger partial charge in [0.15, 0.2) is 5.15 Å². The Hall–Kier alpha value is -1.88. The predicted molar refractivity (Wildman–Crippen MR) is 55.6 cm³/mol. The van der Waals surface area contributed by atoms with E-state index < -0.39 is 0 Å². The van der Waals surface area contributed by atoms with Gasteiger partial charge in [0, 0.05) is 24.2 Å². The molecule has 15 heavy (non-hydrogen) atoms. The molecule has 0 amide bonds. The van der Waals surface area contributed by atoms with Crippen LogP contribution < -0.4 is 0 Å². The Morgan fingerprint density at radius 1 is 1.40 bits per heavy atom. The van der Waals surface area contributed by atoms with Crippen LogP contribution in [0, 0.1) is 0 Å². The first-order valence-electron chi connectivity index (χ1n) is 4.33. The Morgan fingerprint density at radius 2 is 2.33 bits per heavy atom. The van der Waals surface area contributed by atoms with E-state index in [9.17, 15) is 0 Å². The quantitative estimate of drug-likeness (QED) is 0.679. The van der Waals surface area contributed by atoms with Gasteiger partial charge in [0.25, 0.3) is 0 Å². The molecule has 6 heteroatoms. The second kappa shape index (κ2) is 3.06. The van der Waals surface area contributed by atoms with Gasteiger partial charge in [0.1, 0.15) is 5.52 Å². The average molecular weight is 220 g/mol. The maximum absolute atomic E-state index is 5.94. The molecule has 1 N–H and O–H groups in total. The number of rotatable bonds is 1. The number of H-pyrrole nitrogens is 1. The van der Waals surface area contributed by atoms with Crippen LogP contribution in [0.3, 0.4) is 0 Å². The minimum absolute atomic E-state index is 0.444. The first kappa shape index (κ1) is 8.43. The van der Waals surface area contributed by atoms with Crippen molar-refractivity contribution in [3.05, 3.63) is 36.0 Å². The minimum Gasteiger partial charge on any atom is -0.285 e. The zero-order valence-corrected chi connectivity index (χ0v) is 8.31. The van der Waals surface area contributed by atoms with Crippen molar-refractivity contribution in [3.63, 3.8) is 0 Å². The lowest BCUT2D eigenvalue weighted by atomic mass is 10.2. The molecule has 3 heterocycles. The van der Waals surface area contributed by atoms with E-state index in [1.54, 1.807) is 29.3 Å². The number of hydrogen-bond acceptors (Lipinski definition) is 3. The lowest BCUT2D eigenvalue weighted by molar-refractivity contribution is 0.950. The normalized spacial score (nSPS) is 11.0. The number of hydrogen-bond donors (Lipinski definition) is 1. The van der Waals surface area contributed by atoms with Crippen molar-refractivity contribution in [1.29, 1.82) is 0 Å². The van der Waals surface area contributed by atoms with Crippen LogP contribution in [0.4, 0.5) is 0 Å². The van der Waals surface area contributed by atoms with Crippen molar-refractivity contribution in [1.82, 2.24) is 24.8 Å². The average Bonchev–Trinajstić information content (AvgIpc) is 2.86. The maximum Gasteiger partial charge on any atom is 0.154 e. The molecule has 3 aromatic heterocycles. The molecule has 0 saturated heterocycles. The molecule has 0 aliphatic carbocycles. The van der Waals surface area contributed by atoms with Crippen molar-refractivity contribution >= 4 is 17.1 Å². The molecule has 5 nitrogen and oxygen atoms in total. The van der Waals surface area contributed by atoms with E-state index in [1.807, 2.05) is 6.07 Å². The van der Waals surface area contributed by atoms with Crippen LogP contribution in [-0.4, -0.2) is 24.8 Å². The standard InChI is InChI=1S/C9H6ClN5/c10-9-8-3-7(6-4-12-13-5-6)14-15(8)2-1-11-9/h1-5H,(H,12,13). The van der Waals surface area contributed by atoms with Gasteiger partial charge in [0.2, 0.25) is 0 Å². The lowest BCUT2D eigenvalue weighted by Crippen LogP contribution is -1.87. The van der Waals surface area contributed by atoms with Crippen LogP contribution in [0.1, 0.15) is 0 Å². The summed E-state index contributed by atoms with van der Waals surface area (Å²) in [5.74, 6) is 0. The summed E-state index contributed by atoms with van der Waals surface area (Å²) in [4.78, 5) is 3.98. The van der Waals surface area contributed by atoms with E-state index in [1.165, 1.54) is 0 Å². The molecule has 0 aliphatic rings. The molecule has 3 rings (SSSR count). The third-order valence-corrected chi connectivity index (χ3v) is 2.43. The van der Waals surface area contributed by atoms with Gasteiger partial charge in [-0.3, -0.25) is 5.10 Å². The zero-order valence-electron chi connectivity index (χ0n) is 7.55. The van der Waals surface area contributed by atoms with Gasteiger partial charge in [-0.15, -0.1) is 0 Å². The van der Waals surface area contributed by atoms with Crippen molar-refractivity contribution in [2.75, 3.05) is 0 Å². The number of fused-ring (bicyclic) bond motifs is 1. The van der Waals surface area contributed by atoms with E-state index in [2.05, 4.69) is 20.3 Å². The highest BCUT2D eigenvalue weighted by atomic mass is 35.5. The summed E-state index contributed by atoms with van der Waals surface area (Å²) in [7, 11) is 0. The second-order valence-electron chi connectivity index (χ2n) is 3.06. The van der Waals surface area contributed by atoms with Crippen molar-refractivity contribution in [2.24, 2.45) is 0 Å². The Labute approximate surface area is 89.7 Å². The summed E-state index contributed by atoms with van der Waals surface area (Å²) in [6.07, 6.45) is 6.86. The molecule has 0 spiro atoms. The van der Waals surface area contributed by atoms with Gasteiger partial charge in [0.05, 0.1) is 11.9 Å². The topological polar surface area (TPSA) is 58.9 Å². The summed E-state index contributed by atoms with van der Waals surface area (Å²) >= 11 is 5.94. The monoisotopic (exact) mass is 219 g/mol. The van der Waals surface area contributed by atoms with E-state index in [0.717, 1.165) is 16.8 Å². The molecule has 0 saturated carbocycles. The van der Waals surface area contributed by atoms with Crippen molar-refractivity contribution in [2.45, 2.75) is 0 Å². The Kier molecular flexibility index (Phi) is 1.72. The highest BCUT2D eigenvalue weighted by Gasteiger charge is 2.07. The number of aromatic nitrogens is 5. The van der Waals surface area contributed by atoms with Gasteiger partial charge in [-0.05, 0) is 6.07 Å². The summed E-state index contributed by atoms with van der Waals surface area (Å²) < 4.78 is 1.69. The fourth-order valence-corrected chi connectivity index (χ4v) is 1.62. The first-order chi connectivity index (χ1) is 7.34. The lowest BCUT2D eigenvalue weighted by Gasteiger charge is -1.91. The zero-order chi connectivity index (χ0) is 10.3. The predicted octanol–water partition coefficient (Wildman–Crippen LogP) is 1.77. The minimum atomic E-state index is 0.444. The molecule has 0 bridgehead atoms. The number of nitrogens with one attached hydrogen (secondary N) is 1. The Bertz CT molecular complexity index is 598. The highest BCUT2D eigenvalue weighted by molar-refractivity contribution is 6.32. The number of aromatic amines is 1. The van der Waals surface area contributed by atoms with E-state index >= 15 is 0 Å². The Morgan fingerprint density at radius 3 is 3.07 bits per heavy atom. The van der Waals surface area contributed by atoms with Crippen LogP contribution in [0.2, 0.25) is 5.15 Å². The first-order valence-corrected chi connectivity index (χ1v) is 4.71. The third kappa shape index (κ3) is 1.28.